The Morgan fingerprint density at radius 1 is 0.720 bits per heavy atom. The molecule has 0 radical (unpaired) electrons. The number of hydrogen-bond acceptors (Lipinski definition) is 0. The summed E-state index contributed by atoms with van der Waals surface area (Å²) >= 11 is 7.22. The quantitative estimate of drug-likeness (QED) is 0.293. The molecule has 3 aromatic rings. The number of rotatable bonds is 2. The predicted octanol–water partition coefficient (Wildman–Crippen LogP) is 7.65. The van der Waals surface area contributed by atoms with E-state index < -0.39 is 0 Å². The Balaban J connectivity index is 1.83. The normalized spacial score (nSPS) is 12.4. The summed E-state index contributed by atoms with van der Waals surface area (Å²) in [6.45, 7) is 2.14. The van der Waals surface area contributed by atoms with E-state index in [1.165, 1.54) is 39.0 Å². The zero-order valence-corrected chi connectivity index (χ0v) is 16.9. The molecule has 0 unspecified atom stereocenters. The Morgan fingerprint density at radius 2 is 1.32 bits per heavy atom. The molecule has 4 rings (SSSR count). The molecule has 0 heterocycles. The number of hydrogen-bond donors (Lipinski definition) is 0. The van der Waals surface area contributed by atoms with Gasteiger partial charge in [-0.1, -0.05) is 86.5 Å². The number of halogens is 2. The summed E-state index contributed by atoms with van der Waals surface area (Å²) in [4.78, 5) is 0. The van der Waals surface area contributed by atoms with Crippen molar-refractivity contribution in [2.75, 3.05) is 0 Å². The average molecular weight is 452 g/mol. The van der Waals surface area contributed by atoms with Gasteiger partial charge in [0.1, 0.15) is 0 Å². The smallest absolute Gasteiger partial charge is 0.0181 e. The fourth-order valence-electron chi connectivity index (χ4n) is 3.29. The zero-order chi connectivity index (χ0) is 17.4. The van der Waals surface area contributed by atoms with Gasteiger partial charge in [0, 0.05) is 8.95 Å². The van der Waals surface area contributed by atoms with Crippen LogP contribution in [0.4, 0.5) is 0 Å². The molecule has 1 aliphatic carbocycles. The second kappa shape index (κ2) is 6.78. The lowest BCUT2D eigenvalue weighted by Crippen LogP contribution is -1.82. The highest BCUT2D eigenvalue weighted by Gasteiger charge is 2.23. The van der Waals surface area contributed by atoms with Crippen LogP contribution in [0.15, 0.2) is 81.8 Å². The number of aryl methyl sites for hydroxylation is 1. The van der Waals surface area contributed by atoms with E-state index in [1.807, 2.05) is 0 Å². The van der Waals surface area contributed by atoms with E-state index in [0.29, 0.717) is 0 Å². The van der Waals surface area contributed by atoms with E-state index >= 15 is 0 Å². The summed E-state index contributed by atoms with van der Waals surface area (Å²) in [7, 11) is 0. The summed E-state index contributed by atoms with van der Waals surface area (Å²) in [6.07, 6.45) is 6.55. The van der Waals surface area contributed by atoms with Crippen LogP contribution < -0.4 is 0 Å². The maximum atomic E-state index is 3.61. The number of allylic oxidation sites excluding steroid dienone is 2. The highest BCUT2D eigenvalue weighted by molar-refractivity contribution is 9.10. The van der Waals surface area contributed by atoms with Crippen LogP contribution in [0.3, 0.4) is 0 Å². The lowest BCUT2D eigenvalue weighted by molar-refractivity contribution is 1.44. The molecule has 0 aromatic heterocycles. The Kier molecular flexibility index (Phi) is 4.49. The van der Waals surface area contributed by atoms with Gasteiger partial charge in [0.2, 0.25) is 0 Å². The predicted molar refractivity (Wildman–Crippen MR) is 115 cm³/mol. The van der Waals surface area contributed by atoms with Crippen molar-refractivity contribution in [1.29, 1.82) is 0 Å². The van der Waals surface area contributed by atoms with E-state index in [4.69, 9.17) is 0 Å². The minimum Gasteiger partial charge on any atom is -0.0620 e. The Morgan fingerprint density at radius 3 is 1.92 bits per heavy atom. The summed E-state index contributed by atoms with van der Waals surface area (Å²) in [6, 6.07) is 21.4. The van der Waals surface area contributed by atoms with Crippen molar-refractivity contribution in [3.05, 3.63) is 104 Å². The summed E-state index contributed by atoms with van der Waals surface area (Å²) in [5.74, 6) is 0. The van der Waals surface area contributed by atoms with Gasteiger partial charge in [-0.05, 0) is 70.1 Å². The van der Waals surface area contributed by atoms with Gasteiger partial charge >= 0.3 is 0 Å². The topological polar surface area (TPSA) is 0 Å². The standard InChI is InChI=1S/C23H16Br2/c1-15-5-2-3-6-16(15)7-4-8-19-22-13-17(24)9-11-20(22)21-12-10-18(25)14-23(19)21/h2-14H,1H3/b7-4+. The van der Waals surface area contributed by atoms with Gasteiger partial charge < -0.3 is 0 Å². The van der Waals surface area contributed by atoms with E-state index in [-0.39, 0.29) is 0 Å². The van der Waals surface area contributed by atoms with Crippen LogP contribution in [0.1, 0.15) is 22.3 Å². The largest absolute Gasteiger partial charge is 0.0620 e. The molecule has 1 aliphatic rings. The lowest BCUT2D eigenvalue weighted by atomic mass is 10.0. The van der Waals surface area contributed by atoms with Crippen LogP contribution in [0.5, 0.6) is 0 Å². The summed E-state index contributed by atoms with van der Waals surface area (Å²) in [5.41, 5.74) is 8.94. The van der Waals surface area contributed by atoms with E-state index in [0.717, 1.165) is 8.95 Å². The minimum atomic E-state index is 1.10. The molecule has 0 saturated heterocycles. The maximum Gasteiger partial charge on any atom is 0.0181 e. The first-order chi connectivity index (χ1) is 12.1. The van der Waals surface area contributed by atoms with Crippen molar-refractivity contribution < 1.29 is 0 Å². The van der Waals surface area contributed by atoms with Gasteiger partial charge in [-0.3, -0.25) is 0 Å². The molecule has 0 spiro atoms. The first-order valence-corrected chi connectivity index (χ1v) is 9.76. The molecule has 25 heavy (non-hydrogen) atoms. The molecule has 0 amide bonds. The Hall–Kier alpha value is -1.90. The van der Waals surface area contributed by atoms with Crippen molar-refractivity contribution in [2.45, 2.75) is 6.92 Å². The molecule has 0 N–H and O–H groups in total. The molecular weight excluding hydrogens is 436 g/mol. The SMILES string of the molecule is Cc1ccccc1/C=C/C=C1c2cc(Br)ccc2-c2ccc(Br)cc21. The van der Waals surface area contributed by atoms with Gasteiger partial charge in [-0.25, -0.2) is 0 Å². The second-order valence-electron chi connectivity index (χ2n) is 6.18. The first kappa shape index (κ1) is 16.6. The van der Waals surface area contributed by atoms with Crippen LogP contribution in [0.2, 0.25) is 0 Å². The van der Waals surface area contributed by atoms with Crippen molar-refractivity contribution >= 4 is 43.5 Å². The molecule has 2 heteroatoms. The third-order valence-electron chi connectivity index (χ3n) is 4.56. The zero-order valence-electron chi connectivity index (χ0n) is 13.8. The highest BCUT2D eigenvalue weighted by Crippen LogP contribution is 2.46. The van der Waals surface area contributed by atoms with E-state index in [2.05, 4.69) is 118 Å². The third-order valence-corrected chi connectivity index (χ3v) is 5.55. The average Bonchev–Trinajstić information content (AvgIpc) is 2.89. The monoisotopic (exact) mass is 450 g/mol. The van der Waals surface area contributed by atoms with Crippen molar-refractivity contribution in [3.8, 4) is 11.1 Å². The van der Waals surface area contributed by atoms with E-state index in [9.17, 15) is 0 Å². The minimum absolute atomic E-state index is 1.10. The lowest BCUT2D eigenvalue weighted by Gasteiger charge is -2.03. The highest BCUT2D eigenvalue weighted by atomic mass is 79.9. The Labute approximate surface area is 165 Å². The first-order valence-electron chi connectivity index (χ1n) is 8.18. The summed E-state index contributed by atoms with van der Waals surface area (Å²) < 4.78 is 2.21. The molecule has 3 aromatic carbocycles. The van der Waals surface area contributed by atoms with Crippen molar-refractivity contribution in [2.24, 2.45) is 0 Å². The molecule has 0 fully saturated rings. The van der Waals surface area contributed by atoms with Gasteiger partial charge in [-0.2, -0.15) is 0 Å². The molecule has 0 aliphatic heterocycles. The van der Waals surface area contributed by atoms with Crippen LogP contribution in [0.25, 0.3) is 22.8 Å². The molecular formula is C23H16Br2. The summed E-state index contributed by atoms with van der Waals surface area (Å²) in [5, 5.41) is 0. The molecule has 122 valence electrons. The Bertz CT molecular complexity index is 973. The second-order valence-corrected chi connectivity index (χ2v) is 8.01. The van der Waals surface area contributed by atoms with Crippen molar-refractivity contribution in [1.82, 2.24) is 0 Å². The molecule has 0 atom stereocenters. The molecule has 0 saturated carbocycles. The van der Waals surface area contributed by atoms with Gasteiger partial charge in [0.25, 0.3) is 0 Å². The van der Waals surface area contributed by atoms with Crippen LogP contribution >= 0.6 is 31.9 Å². The van der Waals surface area contributed by atoms with Gasteiger partial charge in [0.05, 0.1) is 0 Å². The third kappa shape index (κ3) is 3.17. The van der Waals surface area contributed by atoms with Crippen LogP contribution in [-0.2, 0) is 0 Å². The number of benzene rings is 3. The maximum absolute atomic E-state index is 3.61. The molecule has 0 nitrogen and oxygen atoms in total. The van der Waals surface area contributed by atoms with Gasteiger partial charge in [-0.15, -0.1) is 0 Å². The van der Waals surface area contributed by atoms with Crippen molar-refractivity contribution in [3.63, 3.8) is 0 Å². The van der Waals surface area contributed by atoms with E-state index in [1.54, 1.807) is 0 Å². The van der Waals surface area contributed by atoms with Gasteiger partial charge in [0.15, 0.2) is 0 Å². The fourth-order valence-corrected chi connectivity index (χ4v) is 4.02. The van der Waals surface area contributed by atoms with Crippen LogP contribution in [0, 0.1) is 6.92 Å². The van der Waals surface area contributed by atoms with Crippen LogP contribution in [-0.4, -0.2) is 0 Å². The molecule has 0 bridgehead atoms. The number of fused-ring (bicyclic) bond motifs is 3. The fraction of sp³-hybridized carbons (Fsp3) is 0.0435.